The van der Waals surface area contributed by atoms with E-state index in [0.717, 1.165) is 5.56 Å². The van der Waals surface area contributed by atoms with Gasteiger partial charge in [0, 0.05) is 20.1 Å². The van der Waals surface area contributed by atoms with Gasteiger partial charge in [0.15, 0.2) is 0 Å². The lowest BCUT2D eigenvalue weighted by atomic mass is 10.2. The van der Waals surface area contributed by atoms with Gasteiger partial charge in [0.25, 0.3) is 0 Å². The van der Waals surface area contributed by atoms with Crippen LogP contribution in [0.3, 0.4) is 0 Å². The Morgan fingerprint density at radius 2 is 1.88 bits per heavy atom. The normalized spacial score (nSPS) is 12.0. The minimum Gasteiger partial charge on any atom is -0.319 e. The highest BCUT2D eigenvalue weighted by Crippen LogP contribution is 2.08. The van der Waals surface area contributed by atoms with E-state index in [1.807, 2.05) is 0 Å². The highest BCUT2D eigenvalue weighted by Gasteiger charge is 2.17. The molecule has 0 saturated heterocycles. The number of hydrogen-bond acceptors (Lipinski definition) is 3. The fourth-order valence-electron chi connectivity index (χ4n) is 1.33. The first-order chi connectivity index (χ1) is 7.95. The van der Waals surface area contributed by atoms with Crippen LogP contribution in [0.25, 0.3) is 0 Å². The zero-order chi connectivity index (χ0) is 12.9. The van der Waals surface area contributed by atoms with Crippen molar-refractivity contribution in [3.05, 3.63) is 35.6 Å². The summed E-state index contributed by atoms with van der Waals surface area (Å²) in [4.78, 5) is 0. The quantitative estimate of drug-likeness (QED) is 0.823. The van der Waals surface area contributed by atoms with E-state index in [4.69, 9.17) is 0 Å². The van der Waals surface area contributed by atoms with Crippen LogP contribution in [0.5, 0.6) is 0 Å². The van der Waals surface area contributed by atoms with Gasteiger partial charge in [-0.2, -0.15) is 0 Å². The van der Waals surface area contributed by atoms with E-state index < -0.39 is 10.0 Å². The fraction of sp³-hybridized carbons (Fsp3) is 0.455. The van der Waals surface area contributed by atoms with Gasteiger partial charge in [-0.3, -0.25) is 0 Å². The van der Waals surface area contributed by atoms with E-state index in [1.165, 1.54) is 23.5 Å². The maximum Gasteiger partial charge on any atom is 0.215 e. The molecule has 0 aliphatic rings. The molecule has 0 spiro atoms. The summed E-state index contributed by atoms with van der Waals surface area (Å²) < 4.78 is 37.5. The molecule has 6 heteroatoms. The minimum atomic E-state index is -3.25. The van der Waals surface area contributed by atoms with Gasteiger partial charge < -0.3 is 5.32 Å². The summed E-state index contributed by atoms with van der Waals surface area (Å²) in [5, 5.41) is 2.79. The van der Waals surface area contributed by atoms with Crippen molar-refractivity contribution in [1.29, 1.82) is 0 Å². The van der Waals surface area contributed by atoms with Gasteiger partial charge >= 0.3 is 0 Å². The Bertz CT molecular complexity index is 445. The second kappa shape index (κ2) is 6.09. The molecule has 96 valence electrons. The summed E-state index contributed by atoms with van der Waals surface area (Å²) in [5.41, 5.74) is 0.766. The maximum absolute atomic E-state index is 12.7. The number of sulfonamides is 1. The molecule has 1 aromatic carbocycles. The molecule has 0 aliphatic carbocycles. The summed E-state index contributed by atoms with van der Waals surface area (Å²) in [5.74, 6) is -0.268. The lowest BCUT2D eigenvalue weighted by molar-refractivity contribution is 0.465. The lowest BCUT2D eigenvalue weighted by Gasteiger charge is -2.17. The molecule has 0 aromatic heterocycles. The van der Waals surface area contributed by atoms with Crippen LogP contribution in [0.4, 0.5) is 4.39 Å². The van der Waals surface area contributed by atoms with E-state index >= 15 is 0 Å². The third kappa shape index (κ3) is 4.41. The average molecular weight is 260 g/mol. The van der Waals surface area contributed by atoms with Gasteiger partial charge in [0.2, 0.25) is 10.0 Å². The number of nitrogens with one attached hydrogen (secondary N) is 1. The first-order valence-corrected chi connectivity index (χ1v) is 6.89. The molecule has 0 heterocycles. The van der Waals surface area contributed by atoms with Crippen LogP contribution in [0.1, 0.15) is 5.56 Å². The Labute approximate surface area is 101 Å². The molecular weight excluding hydrogens is 243 g/mol. The van der Waals surface area contributed by atoms with Gasteiger partial charge in [-0.15, -0.1) is 0 Å². The van der Waals surface area contributed by atoms with E-state index in [9.17, 15) is 12.8 Å². The Morgan fingerprint density at radius 3 is 2.41 bits per heavy atom. The van der Waals surface area contributed by atoms with Crippen molar-refractivity contribution < 1.29 is 12.8 Å². The number of hydrogen-bond donors (Lipinski definition) is 1. The van der Waals surface area contributed by atoms with Crippen molar-refractivity contribution in [2.24, 2.45) is 0 Å². The Morgan fingerprint density at radius 1 is 1.29 bits per heavy atom. The van der Waals surface area contributed by atoms with Crippen LogP contribution in [0.2, 0.25) is 0 Å². The van der Waals surface area contributed by atoms with Crippen LogP contribution in [-0.4, -0.2) is 39.1 Å². The first kappa shape index (κ1) is 14.1. The van der Waals surface area contributed by atoms with E-state index in [0.29, 0.717) is 6.54 Å². The van der Waals surface area contributed by atoms with Crippen molar-refractivity contribution in [3.63, 3.8) is 0 Å². The molecule has 0 radical (unpaired) electrons. The lowest BCUT2D eigenvalue weighted by Crippen LogP contribution is -2.32. The van der Waals surface area contributed by atoms with Crippen molar-refractivity contribution >= 4 is 10.0 Å². The smallest absolute Gasteiger partial charge is 0.215 e. The minimum absolute atomic E-state index is 0.0567. The highest BCUT2D eigenvalue weighted by atomic mass is 32.2. The first-order valence-electron chi connectivity index (χ1n) is 5.29. The molecule has 0 saturated carbocycles. The van der Waals surface area contributed by atoms with Crippen LogP contribution >= 0.6 is 0 Å². The molecule has 0 fully saturated rings. The van der Waals surface area contributed by atoms with Crippen molar-refractivity contribution in [2.45, 2.75) is 6.54 Å². The van der Waals surface area contributed by atoms with Crippen molar-refractivity contribution in [1.82, 2.24) is 9.62 Å². The van der Waals surface area contributed by atoms with E-state index in [-0.39, 0.29) is 18.1 Å². The second-order valence-corrected chi connectivity index (χ2v) is 6.00. The predicted molar refractivity (Wildman–Crippen MR) is 65.6 cm³/mol. The third-order valence-electron chi connectivity index (χ3n) is 2.40. The van der Waals surface area contributed by atoms with Crippen molar-refractivity contribution in [3.8, 4) is 0 Å². The number of halogens is 1. The molecule has 1 aromatic rings. The molecule has 17 heavy (non-hydrogen) atoms. The zero-order valence-electron chi connectivity index (χ0n) is 9.98. The fourth-order valence-corrected chi connectivity index (χ4v) is 2.45. The molecular formula is C11H17FN2O2S. The van der Waals surface area contributed by atoms with E-state index in [2.05, 4.69) is 5.32 Å². The molecule has 1 rings (SSSR count). The number of rotatable bonds is 6. The SMILES string of the molecule is CNCCS(=O)(=O)N(C)Cc1ccc(F)cc1. The summed E-state index contributed by atoms with van der Waals surface area (Å²) in [6, 6.07) is 5.81. The number of nitrogens with zero attached hydrogens (tertiary/aromatic N) is 1. The Balaban J connectivity index is 2.65. The van der Waals surface area contributed by atoms with Crippen LogP contribution in [0, 0.1) is 5.82 Å². The van der Waals surface area contributed by atoms with Crippen LogP contribution < -0.4 is 5.32 Å². The van der Waals surface area contributed by atoms with Gasteiger partial charge in [-0.25, -0.2) is 17.1 Å². The second-order valence-electron chi connectivity index (χ2n) is 3.80. The summed E-state index contributed by atoms with van der Waals surface area (Å²) in [6.07, 6.45) is 0. The van der Waals surface area contributed by atoms with Crippen molar-refractivity contribution in [2.75, 3.05) is 26.4 Å². The Kier molecular flexibility index (Phi) is 5.04. The molecule has 0 bridgehead atoms. The third-order valence-corrected chi connectivity index (χ3v) is 4.20. The summed E-state index contributed by atoms with van der Waals surface area (Å²) in [7, 11) is -0.0276. The maximum atomic E-state index is 12.7. The molecule has 4 nitrogen and oxygen atoms in total. The summed E-state index contributed by atoms with van der Waals surface area (Å²) >= 11 is 0. The number of benzene rings is 1. The van der Waals surface area contributed by atoms with Crippen LogP contribution in [0.15, 0.2) is 24.3 Å². The zero-order valence-corrected chi connectivity index (χ0v) is 10.8. The largest absolute Gasteiger partial charge is 0.319 e. The average Bonchev–Trinajstić information content (AvgIpc) is 2.29. The van der Waals surface area contributed by atoms with Gasteiger partial charge in [0.05, 0.1) is 5.75 Å². The molecule has 1 N–H and O–H groups in total. The van der Waals surface area contributed by atoms with E-state index in [1.54, 1.807) is 19.2 Å². The monoisotopic (exact) mass is 260 g/mol. The standard InChI is InChI=1S/C11H17FN2O2S/c1-13-7-8-17(15,16)14(2)9-10-3-5-11(12)6-4-10/h3-6,13H,7-9H2,1-2H3. The van der Waals surface area contributed by atoms with Gasteiger partial charge in [0.1, 0.15) is 5.82 Å². The van der Waals surface area contributed by atoms with Gasteiger partial charge in [-0.1, -0.05) is 12.1 Å². The summed E-state index contributed by atoms with van der Waals surface area (Å²) in [6.45, 7) is 0.669. The van der Waals surface area contributed by atoms with Gasteiger partial charge in [-0.05, 0) is 24.7 Å². The molecule has 0 amide bonds. The molecule has 0 aliphatic heterocycles. The Hall–Kier alpha value is -0.980. The van der Waals surface area contributed by atoms with Crippen LogP contribution in [-0.2, 0) is 16.6 Å². The topological polar surface area (TPSA) is 49.4 Å². The molecule has 0 unspecified atom stereocenters. The highest BCUT2D eigenvalue weighted by molar-refractivity contribution is 7.89. The predicted octanol–water partition coefficient (Wildman–Crippen LogP) is 0.807. The molecule has 0 atom stereocenters.